The minimum absolute atomic E-state index is 0.0580. The molecule has 2 heterocycles. The highest BCUT2D eigenvalue weighted by Gasteiger charge is 2.22. The van der Waals surface area contributed by atoms with Crippen molar-refractivity contribution in [2.75, 3.05) is 4.72 Å². The second-order valence-electron chi connectivity index (χ2n) is 3.41. The molecule has 2 aromatic rings. The number of nitrogens with one attached hydrogen (secondary N) is 2. The summed E-state index contributed by atoms with van der Waals surface area (Å²) in [7, 11) is -3.95. The van der Waals surface area contributed by atoms with Gasteiger partial charge in [0.1, 0.15) is 10.0 Å². The molecule has 0 amide bonds. The van der Waals surface area contributed by atoms with E-state index in [-0.39, 0.29) is 10.0 Å². The molecule has 0 atom stereocenters. The first-order chi connectivity index (χ1) is 8.90. The summed E-state index contributed by atoms with van der Waals surface area (Å²) in [5, 5.41) is 10.7. The lowest BCUT2D eigenvalue weighted by Gasteiger charge is -2.06. The highest BCUT2D eigenvalue weighted by Crippen LogP contribution is 2.26. The van der Waals surface area contributed by atoms with Gasteiger partial charge in [-0.3, -0.25) is 14.8 Å². The van der Waals surface area contributed by atoms with Gasteiger partial charge in [0.05, 0.1) is 4.92 Å². The van der Waals surface area contributed by atoms with E-state index in [9.17, 15) is 18.5 Å². The molecule has 0 aliphatic rings. The predicted octanol–water partition coefficient (Wildman–Crippen LogP) is 1.77. The van der Waals surface area contributed by atoms with E-state index in [1.807, 2.05) is 4.72 Å². The Bertz CT molecular complexity index is 714. The van der Waals surface area contributed by atoms with E-state index in [0.29, 0.717) is 0 Å². The van der Waals surface area contributed by atoms with Crippen molar-refractivity contribution in [3.8, 4) is 0 Å². The number of nitrogens with zero attached hydrogens (tertiary/aromatic N) is 2. The van der Waals surface area contributed by atoms with E-state index in [2.05, 4.69) is 9.97 Å². The van der Waals surface area contributed by atoms with Gasteiger partial charge in [-0.15, -0.1) is 0 Å². The number of rotatable bonds is 4. The number of sulfonamides is 1. The van der Waals surface area contributed by atoms with Gasteiger partial charge >= 0.3 is 5.69 Å². The summed E-state index contributed by atoms with van der Waals surface area (Å²) in [5.74, 6) is -0.432. The van der Waals surface area contributed by atoms with Crippen molar-refractivity contribution in [3.05, 3.63) is 45.9 Å². The van der Waals surface area contributed by atoms with Crippen molar-refractivity contribution in [2.45, 2.75) is 4.90 Å². The average Bonchev–Trinajstić information content (AvgIpc) is 2.81. The molecule has 2 rings (SSSR count). The Kier molecular flexibility index (Phi) is 3.40. The molecule has 0 saturated carbocycles. The van der Waals surface area contributed by atoms with Crippen molar-refractivity contribution in [1.29, 1.82) is 0 Å². The van der Waals surface area contributed by atoms with Crippen molar-refractivity contribution in [1.82, 2.24) is 9.97 Å². The molecule has 0 aliphatic heterocycles. The van der Waals surface area contributed by atoms with E-state index in [0.717, 1.165) is 6.07 Å². The van der Waals surface area contributed by atoms with Gasteiger partial charge in [0, 0.05) is 18.5 Å². The van der Waals surface area contributed by atoms with Gasteiger partial charge in [-0.1, -0.05) is 11.6 Å². The van der Waals surface area contributed by atoms with Gasteiger partial charge in [-0.05, 0) is 12.1 Å². The highest BCUT2D eigenvalue weighted by atomic mass is 35.5. The molecule has 2 N–H and O–H groups in total. The van der Waals surface area contributed by atoms with E-state index >= 15 is 0 Å². The molecule has 0 saturated heterocycles. The van der Waals surface area contributed by atoms with Crippen LogP contribution in [-0.2, 0) is 10.0 Å². The lowest BCUT2D eigenvalue weighted by atomic mass is 10.4. The number of pyridine rings is 1. The molecule has 19 heavy (non-hydrogen) atoms. The normalized spacial score (nSPS) is 11.2. The van der Waals surface area contributed by atoms with Crippen LogP contribution in [0.15, 0.2) is 35.5 Å². The number of aromatic amines is 1. The number of halogens is 1. The molecule has 8 nitrogen and oxygen atoms in total. The van der Waals surface area contributed by atoms with Crippen molar-refractivity contribution < 1.29 is 13.3 Å². The van der Waals surface area contributed by atoms with Crippen LogP contribution in [-0.4, -0.2) is 23.3 Å². The zero-order valence-corrected chi connectivity index (χ0v) is 10.8. The maximum absolute atomic E-state index is 11.9. The molecule has 0 unspecified atom stereocenters. The van der Waals surface area contributed by atoms with Gasteiger partial charge in [-0.2, -0.15) is 0 Å². The number of hydrogen-bond acceptors (Lipinski definition) is 5. The third kappa shape index (κ3) is 2.83. The molecule has 0 aliphatic carbocycles. The minimum atomic E-state index is -3.95. The molecule has 0 radical (unpaired) electrons. The van der Waals surface area contributed by atoms with Crippen LogP contribution in [0.4, 0.5) is 11.5 Å². The van der Waals surface area contributed by atoms with E-state index < -0.39 is 26.5 Å². The highest BCUT2D eigenvalue weighted by molar-refractivity contribution is 7.92. The van der Waals surface area contributed by atoms with Crippen molar-refractivity contribution in [2.24, 2.45) is 0 Å². The van der Waals surface area contributed by atoms with Crippen LogP contribution in [0, 0.1) is 10.1 Å². The molecule has 0 fully saturated rings. The molecule has 0 aromatic carbocycles. The molecule has 10 heteroatoms. The Balaban J connectivity index is 2.44. The van der Waals surface area contributed by atoms with E-state index in [1.54, 1.807) is 0 Å². The third-order valence-corrected chi connectivity index (χ3v) is 3.69. The summed E-state index contributed by atoms with van der Waals surface area (Å²) in [6, 6.07) is 3.58. The van der Waals surface area contributed by atoms with Crippen LogP contribution in [0.3, 0.4) is 0 Å². The van der Waals surface area contributed by atoms with Gasteiger partial charge in [0.15, 0.2) is 0 Å². The number of aromatic nitrogens is 2. The Hall–Kier alpha value is -2.13. The molecule has 0 bridgehead atoms. The second-order valence-corrected chi connectivity index (χ2v) is 5.48. The summed E-state index contributed by atoms with van der Waals surface area (Å²) in [6.07, 6.45) is 2.65. The Morgan fingerprint density at radius 3 is 2.68 bits per heavy atom. The number of anilines is 1. The Labute approximate surface area is 112 Å². The first kappa shape index (κ1) is 13.3. The van der Waals surface area contributed by atoms with Crippen LogP contribution < -0.4 is 4.72 Å². The lowest BCUT2D eigenvalue weighted by Crippen LogP contribution is -2.14. The van der Waals surface area contributed by atoms with E-state index in [4.69, 9.17) is 11.6 Å². The summed E-state index contributed by atoms with van der Waals surface area (Å²) in [5.41, 5.74) is -0.483. The quantitative estimate of drug-likeness (QED) is 0.507. The van der Waals surface area contributed by atoms with Crippen LogP contribution in [0.25, 0.3) is 0 Å². The maximum Gasteiger partial charge on any atom is 0.312 e. The molecular weight excluding hydrogens is 296 g/mol. The SMILES string of the molecule is O=[N+]([O-])c1ccc(Cl)nc1NS(=O)(=O)c1cc[nH]c1. The first-order valence-corrected chi connectivity index (χ1v) is 6.73. The second kappa shape index (κ2) is 4.86. The summed E-state index contributed by atoms with van der Waals surface area (Å²) in [4.78, 5) is 16.2. The summed E-state index contributed by atoms with van der Waals surface area (Å²) in [6.45, 7) is 0. The summed E-state index contributed by atoms with van der Waals surface area (Å²) >= 11 is 5.60. The lowest BCUT2D eigenvalue weighted by molar-refractivity contribution is -0.384. The fraction of sp³-hybridized carbons (Fsp3) is 0. The molecule has 2 aromatic heterocycles. The Morgan fingerprint density at radius 1 is 1.37 bits per heavy atom. The zero-order valence-electron chi connectivity index (χ0n) is 9.20. The number of H-pyrrole nitrogens is 1. The van der Waals surface area contributed by atoms with Gasteiger partial charge < -0.3 is 4.98 Å². The summed E-state index contributed by atoms with van der Waals surface area (Å²) < 4.78 is 25.9. The zero-order chi connectivity index (χ0) is 14.0. The van der Waals surface area contributed by atoms with Gasteiger partial charge in [0.2, 0.25) is 5.82 Å². The number of nitro groups is 1. The largest absolute Gasteiger partial charge is 0.366 e. The minimum Gasteiger partial charge on any atom is -0.366 e. The van der Waals surface area contributed by atoms with Crippen LogP contribution in [0.5, 0.6) is 0 Å². The average molecular weight is 303 g/mol. The fourth-order valence-electron chi connectivity index (χ4n) is 1.31. The third-order valence-electron chi connectivity index (χ3n) is 2.15. The van der Waals surface area contributed by atoms with Crippen LogP contribution >= 0.6 is 11.6 Å². The predicted molar refractivity (Wildman–Crippen MR) is 67.5 cm³/mol. The van der Waals surface area contributed by atoms with Gasteiger partial charge in [0.25, 0.3) is 10.0 Å². The first-order valence-electron chi connectivity index (χ1n) is 4.87. The van der Waals surface area contributed by atoms with Crippen molar-refractivity contribution in [3.63, 3.8) is 0 Å². The monoisotopic (exact) mass is 302 g/mol. The van der Waals surface area contributed by atoms with Crippen LogP contribution in [0.2, 0.25) is 5.15 Å². The molecule has 100 valence electrons. The number of hydrogen-bond donors (Lipinski definition) is 2. The topological polar surface area (TPSA) is 118 Å². The maximum atomic E-state index is 11.9. The standard InChI is InChI=1S/C9H7ClN4O4S/c10-8-2-1-7(14(15)16)9(12-8)13-19(17,18)6-3-4-11-5-6/h1-5,11H,(H,12,13). The van der Waals surface area contributed by atoms with E-state index in [1.165, 1.54) is 24.5 Å². The van der Waals surface area contributed by atoms with Crippen LogP contribution in [0.1, 0.15) is 0 Å². The smallest absolute Gasteiger partial charge is 0.312 e. The Morgan fingerprint density at radius 2 is 2.11 bits per heavy atom. The van der Waals surface area contributed by atoms with Gasteiger partial charge in [-0.25, -0.2) is 13.4 Å². The van der Waals surface area contributed by atoms with Crippen molar-refractivity contribution >= 4 is 33.1 Å². The molecule has 0 spiro atoms. The molecular formula is C9H7ClN4O4S. The fourth-order valence-corrected chi connectivity index (χ4v) is 2.45.